The van der Waals surface area contributed by atoms with Gasteiger partial charge in [0.2, 0.25) is 24.4 Å². The van der Waals surface area contributed by atoms with Crippen LogP contribution in [0.1, 0.15) is 29.5 Å². The van der Waals surface area contributed by atoms with E-state index in [0.717, 1.165) is 16.7 Å². The summed E-state index contributed by atoms with van der Waals surface area (Å²) in [5.41, 5.74) is 2.44. The van der Waals surface area contributed by atoms with Crippen molar-refractivity contribution in [1.29, 1.82) is 0 Å². The van der Waals surface area contributed by atoms with Crippen LogP contribution in [0.25, 0.3) is 0 Å². The molecule has 0 radical (unpaired) electrons. The lowest BCUT2D eigenvalue weighted by Crippen LogP contribution is -2.53. The molecule has 0 spiro atoms. The van der Waals surface area contributed by atoms with Gasteiger partial charge in [-0.15, -0.1) is 0 Å². The number of ketones is 1. The number of nitrogens with one attached hydrogen (secondary N) is 2. The number of benzene rings is 3. The third-order valence-electron chi connectivity index (χ3n) is 6.86. The molecule has 200 valence electrons. The van der Waals surface area contributed by atoms with Crippen LogP contribution in [0.2, 0.25) is 0 Å². The van der Waals surface area contributed by atoms with E-state index in [9.17, 15) is 19.2 Å². The van der Waals surface area contributed by atoms with Gasteiger partial charge in [-0.05, 0) is 35.2 Å². The molecule has 9 nitrogen and oxygen atoms in total. The average molecular weight is 528 g/mol. The van der Waals surface area contributed by atoms with E-state index in [4.69, 9.17) is 9.47 Å². The maximum absolute atomic E-state index is 13.4. The fraction of sp³-hybridized carbons (Fsp3) is 0.267. The molecular formula is C30H29N3O6. The first-order chi connectivity index (χ1) is 19.0. The number of hydrogen-bond donors (Lipinski definition) is 2. The van der Waals surface area contributed by atoms with Crippen LogP contribution in [0.3, 0.4) is 0 Å². The van der Waals surface area contributed by atoms with Gasteiger partial charge >= 0.3 is 0 Å². The van der Waals surface area contributed by atoms with E-state index in [-0.39, 0.29) is 32.1 Å². The zero-order valence-corrected chi connectivity index (χ0v) is 21.3. The van der Waals surface area contributed by atoms with Gasteiger partial charge in [0.05, 0.1) is 0 Å². The van der Waals surface area contributed by atoms with Gasteiger partial charge in [-0.1, -0.05) is 66.7 Å². The van der Waals surface area contributed by atoms with Gasteiger partial charge in [0.25, 0.3) is 5.91 Å². The molecule has 0 aromatic heterocycles. The molecule has 3 aromatic carbocycles. The number of carbonyl (C=O) groups excluding carboxylic acids is 4. The second-order valence-electron chi connectivity index (χ2n) is 9.55. The third-order valence-corrected chi connectivity index (χ3v) is 6.86. The molecule has 1 unspecified atom stereocenters. The highest BCUT2D eigenvalue weighted by molar-refractivity contribution is 6.38. The van der Waals surface area contributed by atoms with Crippen molar-refractivity contribution in [3.63, 3.8) is 0 Å². The van der Waals surface area contributed by atoms with Crippen LogP contribution < -0.4 is 20.1 Å². The maximum atomic E-state index is 13.4. The summed E-state index contributed by atoms with van der Waals surface area (Å²) >= 11 is 0. The number of Topliss-reactive ketones (excluding diaryl/α,β-unsaturated/α-hetero) is 1. The Bertz CT molecular complexity index is 1360. The first-order valence-electron chi connectivity index (χ1n) is 12.9. The quantitative estimate of drug-likeness (QED) is 0.392. The van der Waals surface area contributed by atoms with Crippen molar-refractivity contribution in [1.82, 2.24) is 15.5 Å². The molecular weight excluding hydrogens is 498 g/mol. The zero-order chi connectivity index (χ0) is 27.2. The van der Waals surface area contributed by atoms with Crippen molar-refractivity contribution < 1.29 is 28.7 Å². The summed E-state index contributed by atoms with van der Waals surface area (Å²) in [5, 5.41) is 5.42. The van der Waals surface area contributed by atoms with Crippen molar-refractivity contribution >= 4 is 23.5 Å². The number of ether oxygens (including phenoxy) is 2. The van der Waals surface area contributed by atoms with Gasteiger partial charge in [0.1, 0.15) is 12.1 Å². The van der Waals surface area contributed by atoms with E-state index in [1.165, 1.54) is 4.90 Å². The van der Waals surface area contributed by atoms with Crippen molar-refractivity contribution in [3.05, 3.63) is 95.6 Å². The molecule has 1 saturated heterocycles. The van der Waals surface area contributed by atoms with Gasteiger partial charge in [-0.3, -0.25) is 19.2 Å². The van der Waals surface area contributed by atoms with Crippen LogP contribution in [0.5, 0.6) is 11.5 Å². The van der Waals surface area contributed by atoms with Crippen LogP contribution in [0.15, 0.2) is 78.9 Å². The fourth-order valence-electron chi connectivity index (χ4n) is 4.79. The monoisotopic (exact) mass is 527 g/mol. The van der Waals surface area contributed by atoms with E-state index >= 15 is 0 Å². The van der Waals surface area contributed by atoms with Crippen LogP contribution >= 0.6 is 0 Å². The summed E-state index contributed by atoms with van der Waals surface area (Å²) in [6.45, 7) is 0.542. The van der Waals surface area contributed by atoms with Crippen LogP contribution in [0, 0.1) is 0 Å². The average Bonchev–Trinajstić information content (AvgIpc) is 3.58. The minimum atomic E-state index is -1.09. The molecule has 39 heavy (non-hydrogen) atoms. The van der Waals surface area contributed by atoms with Crippen LogP contribution in [0.4, 0.5) is 0 Å². The fourth-order valence-corrected chi connectivity index (χ4v) is 4.79. The third kappa shape index (κ3) is 6.26. The first kappa shape index (κ1) is 26.0. The van der Waals surface area contributed by atoms with Crippen LogP contribution in [-0.2, 0) is 38.7 Å². The van der Waals surface area contributed by atoms with Gasteiger partial charge < -0.3 is 25.0 Å². The van der Waals surface area contributed by atoms with E-state index < -0.39 is 29.7 Å². The number of fused-ring (bicyclic) bond motifs is 1. The molecule has 2 atom stereocenters. The molecule has 5 rings (SSSR count). The molecule has 0 saturated carbocycles. The second kappa shape index (κ2) is 11.8. The number of likely N-dealkylation sites (tertiary alicyclic amines) is 1. The Labute approximate surface area is 226 Å². The molecule has 9 heteroatoms. The van der Waals surface area contributed by atoms with Crippen molar-refractivity contribution in [2.24, 2.45) is 0 Å². The lowest BCUT2D eigenvalue weighted by molar-refractivity contribution is -0.141. The number of amides is 3. The maximum Gasteiger partial charge on any atom is 0.289 e. The molecule has 2 aliphatic rings. The first-order valence-corrected chi connectivity index (χ1v) is 12.9. The predicted molar refractivity (Wildman–Crippen MR) is 142 cm³/mol. The van der Waals surface area contributed by atoms with Gasteiger partial charge in [0, 0.05) is 25.9 Å². The van der Waals surface area contributed by atoms with Gasteiger partial charge in [0.15, 0.2) is 11.5 Å². The number of rotatable bonds is 10. The lowest BCUT2D eigenvalue weighted by Gasteiger charge is -2.26. The highest BCUT2D eigenvalue weighted by Gasteiger charge is 2.38. The Morgan fingerprint density at radius 3 is 2.31 bits per heavy atom. The summed E-state index contributed by atoms with van der Waals surface area (Å²) in [6.07, 6.45) is 0.737. The Morgan fingerprint density at radius 1 is 0.872 bits per heavy atom. The Kier molecular flexibility index (Phi) is 7.86. The van der Waals surface area contributed by atoms with Crippen LogP contribution in [-0.4, -0.2) is 47.3 Å². The van der Waals surface area contributed by atoms with Crippen molar-refractivity contribution in [3.8, 4) is 11.5 Å². The van der Waals surface area contributed by atoms with Crippen molar-refractivity contribution in [2.45, 2.75) is 44.4 Å². The summed E-state index contributed by atoms with van der Waals surface area (Å²) in [5.74, 6) is -0.933. The molecule has 2 heterocycles. The minimum absolute atomic E-state index is 0.106. The molecule has 0 bridgehead atoms. The van der Waals surface area contributed by atoms with Gasteiger partial charge in [-0.25, -0.2) is 0 Å². The molecule has 2 N–H and O–H groups in total. The molecule has 1 fully saturated rings. The van der Waals surface area contributed by atoms with E-state index in [0.29, 0.717) is 24.5 Å². The predicted octanol–water partition coefficient (Wildman–Crippen LogP) is 2.52. The summed E-state index contributed by atoms with van der Waals surface area (Å²) in [7, 11) is 0. The zero-order valence-electron chi connectivity index (χ0n) is 21.3. The number of carbonyl (C=O) groups is 4. The van der Waals surface area contributed by atoms with E-state index in [1.807, 2.05) is 60.7 Å². The number of hydrogen-bond acceptors (Lipinski definition) is 6. The standard InChI is InChI=1S/C30H29N3O6/c34-27-14-12-24(33(27)18-21-9-5-2-6-10-21)29(36)32-23(15-20-7-3-1-4-8-20)28(35)30(37)31-17-22-11-13-25-26(16-22)39-19-38-25/h1-11,13,16,23-24H,12,14-15,17-19H2,(H,31,37)(H,32,36)/t23?,24-/m1/s1. The minimum Gasteiger partial charge on any atom is -0.454 e. The normalized spacial score (nSPS) is 16.6. The Morgan fingerprint density at radius 2 is 1.56 bits per heavy atom. The van der Waals surface area contributed by atoms with E-state index in [1.54, 1.807) is 18.2 Å². The lowest BCUT2D eigenvalue weighted by atomic mass is 10.0. The summed E-state index contributed by atoms with van der Waals surface area (Å²) in [4.78, 5) is 53.7. The Balaban J connectivity index is 1.27. The molecule has 0 aliphatic carbocycles. The topological polar surface area (TPSA) is 114 Å². The van der Waals surface area contributed by atoms with Crippen molar-refractivity contribution in [2.75, 3.05) is 6.79 Å². The Hall–Kier alpha value is -4.66. The summed E-state index contributed by atoms with van der Waals surface area (Å²) in [6, 6.07) is 22.1. The largest absolute Gasteiger partial charge is 0.454 e. The second-order valence-corrected chi connectivity index (χ2v) is 9.55. The van der Waals surface area contributed by atoms with E-state index in [2.05, 4.69) is 10.6 Å². The smallest absolute Gasteiger partial charge is 0.289 e. The molecule has 3 amide bonds. The number of nitrogens with zero attached hydrogens (tertiary/aromatic N) is 1. The summed E-state index contributed by atoms with van der Waals surface area (Å²) < 4.78 is 10.7. The highest BCUT2D eigenvalue weighted by Crippen LogP contribution is 2.32. The van der Waals surface area contributed by atoms with Gasteiger partial charge in [-0.2, -0.15) is 0 Å². The molecule has 2 aliphatic heterocycles. The highest BCUT2D eigenvalue weighted by atomic mass is 16.7. The SMILES string of the molecule is O=C(NCc1ccc2c(c1)OCO2)C(=O)C(Cc1ccccc1)NC(=O)[C@H]1CCC(=O)N1Cc1ccccc1. The molecule has 3 aromatic rings.